The molecule has 1 aromatic carbocycles. The minimum absolute atomic E-state index is 0.529. The van der Waals surface area contributed by atoms with E-state index in [-0.39, 0.29) is 0 Å². The van der Waals surface area contributed by atoms with Crippen molar-refractivity contribution in [2.45, 2.75) is 33.3 Å². The average molecular weight is 251 g/mol. The Morgan fingerprint density at radius 3 is 2.28 bits per heavy atom. The number of ether oxygens (including phenoxy) is 1. The number of rotatable bonds is 6. The molecule has 0 aliphatic heterocycles. The van der Waals surface area contributed by atoms with Crippen LogP contribution in [0.15, 0.2) is 12.1 Å². The number of aryl methyl sites for hydroxylation is 3. The maximum absolute atomic E-state index is 10.6. The van der Waals surface area contributed by atoms with Crippen LogP contribution in [0.2, 0.25) is 0 Å². The van der Waals surface area contributed by atoms with Crippen molar-refractivity contribution in [3.8, 4) is 0 Å². The first-order valence-corrected chi connectivity index (χ1v) is 6.39. The molecule has 1 atom stereocenters. The predicted molar refractivity (Wildman–Crippen MR) is 75.0 cm³/mol. The zero-order valence-corrected chi connectivity index (χ0v) is 12.1. The maximum atomic E-state index is 10.6. The molecule has 2 N–H and O–H groups in total. The van der Waals surface area contributed by atoms with E-state index >= 15 is 0 Å². The molecule has 0 fully saturated rings. The Morgan fingerprint density at radius 1 is 1.22 bits per heavy atom. The summed E-state index contributed by atoms with van der Waals surface area (Å²) in [6, 6.07) is 4.23. The van der Waals surface area contributed by atoms with Crippen LogP contribution in [0.1, 0.15) is 29.2 Å². The van der Waals surface area contributed by atoms with Crippen LogP contribution in [0.25, 0.3) is 0 Å². The van der Waals surface area contributed by atoms with Crippen molar-refractivity contribution in [1.82, 2.24) is 5.32 Å². The lowest BCUT2D eigenvalue weighted by Crippen LogP contribution is -2.38. The molecule has 3 heteroatoms. The molecule has 1 rings (SSSR count). The van der Waals surface area contributed by atoms with E-state index in [1.54, 1.807) is 7.11 Å². The first-order valence-electron chi connectivity index (χ1n) is 6.39. The van der Waals surface area contributed by atoms with Crippen molar-refractivity contribution < 1.29 is 9.84 Å². The van der Waals surface area contributed by atoms with Crippen LogP contribution >= 0.6 is 0 Å². The lowest BCUT2D eigenvalue weighted by atomic mass is 9.87. The van der Waals surface area contributed by atoms with Crippen LogP contribution in [-0.4, -0.2) is 31.9 Å². The molecular weight excluding hydrogens is 226 g/mol. The highest BCUT2D eigenvalue weighted by atomic mass is 16.5. The fraction of sp³-hybridized carbons (Fsp3) is 0.600. The van der Waals surface area contributed by atoms with Gasteiger partial charge in [-0.1, -0.05) is 17.7 Å². The van der Waals surface area contributed by atoms with Gasteiger partial charge in [0.25, 0.3) is 0 Å². The molecule has 0 aromatic heterocycles. The molecule has 0 spiro atoms. The Morgan fingerprint density at radius 2 is 1.78 bits per heavy atom. The summed E-state index contributed by atoms with van der Waals surface area (Å²) in [5.41, 5.74) is 3.70. The minimum Gasteiger partial charge on any atom is -0.384 e. The summed E-state index contributed by atoms with van der Waals surface area (Å²) in [7, 11) is 1.67. The Labute approximate surface area is 110 Å². The van der Waals surface area contributed by atoms with E-state index in [1.807, 2.05) is 6.92 Å². The lowest BCUT2D eigenvalue weighted by molar-refractivity contribution is 0.0537. The van der Waals surface area contributed by atoms with E-state index in [4.69, 9.17) is 4.74 Å². The second-order valence-electron chi connectivity index (χ2n) is 5.22. The molecule has 0 aliphatic rings. The topological polar surface area (TPSA) is 41.5 Å². The number of benzene rings is 1. The van der Waals surface area contributed by atoms with Crippen LogP contribution < -0.4 is 5.32 Å². The summed E-state index contributed by atoms with van der Waals surface area (Å²) in [6.07, 6.45) is 0. The number of aliphatic hydroxyl groups is 1. The van der Waals surface area contributed by atoms with Gasteiger partial charge in [-0.05, 0) is 44.4 Å². The smallest absolute Gasteiger partial charge is 0.0997 e. The Hall–Kier alpha value is -0.900. The summed E-state index contributed by atoms with van der Waals surface area (Å²) in [4.78, 5) is 0. The minimum atomic E-state index is -0.852. The predicted octanol–water partition coefficient (Wildman–Crippen LogP) is 2.06. The summed E-state index contributed by atoms with van der Waals surface area (Å²) in [5, 5.41) is 13.9. The van der Waals surface area contributed by atoms with Gasteiger partial charge in [0.2, 0.25) is 0 Å². The van der Waals surface area contributed by atoms with Crippen LogP contribution in [0.5, 0.6) is 0 Å². The van der Waals surface area contributed by atoms with Gasteiger partial charge in [0, 0.05) is 20.2 Å². The third kappa shape index (κ3) is 3.80. The SMILES string of the molecule is COCCNCC(C)(O)c1c(C)cc(C)cc1C. The van der Waals surface area contributed by atoms with Crippen LogP contribution in [0.4, 0.5) is 0 Å². The van der Waals surface area contributed by atoms with Crippen molar-refractivity contribution in [3.63, 3.8) is 0 Å². The summed E-state index contributed by atoms with van der Waals surface area (Å²) < 4.78 is 4.98. The number of methoxy groups -OCH3 is 1. The molecule has 1 aromatic rings. The molecule has 3 nitrogen and oxygen atoms in total. The highest BCUT2D eigenvalue weighted by Crippen LogP contribution is 2.27. The van der Waals surface area contributed by atoms with Gasteiger partial charge < -0.3 is 15.2 Å². The van der Waals surface area contributed by atoms with Crippen LogP contribution in [0.3, 0.4) is 0 Å². The van der Waals surface area contributed by atoms with Crippen molar-refractivity contribution in [1.29, 1.82) is 0 Å². The molecule has 0 bridgehead atoms. The largest absolute Gasteiger partial charge is 0.384 e. The Bertz CT molecular complexity index is 376. The van der Waals surface area contributed by atoms with E-state index < -0.39 is 5.60 Å². The van der Waals surface area contributed by atoms with Crippen molar-refractivity contribution in [2.75, 3.05) is 26.8 Å². The van der Waals surface area contributed by atoms with Crippen molar-refractivity contribution in [2.24, 2.45) is 0 Å². The molecule has 1 unspecified atom stereocenters. The molecule has 0 saturated carbocycles. The number of nitrogens with one attached hydrogen (secondary N) is 1. The third-order valence-corrected chi connectivity index (χ3v) is 3.17. The van der Waals surface area contributed by atoms with Crippen molar-refractivity contribution in [3.05, 3.63) is 34.4 Å². The van der Waals surface area contributed by atoms with E-state index in [1.165, 1.54) is 5.56 Å². The fourth-order valence-corrected chi connectivity index (χ4v) is 2.62. The summed E-state index contributed by atoms with van der Waals surface area (Å²) in [6.45, 7) is 9.98. The molecule has 0 amide bonds. The zero-order chi connectivity index (χ0) is 13.8. The summed E-state index contributed by atoms with van der Waals surface area (Å²) >= 11 is 0. The van der Waals surface area contributed by atoms with Gasteiger partial charge in [0.15, 0.2) is 0 Å². The van der Waals surface area contributed by atoms with Gasteiger partial charge in [0.1, 0.15) is 0 Å². The molecule has 0 aliphatic carbocycles. The highest BCUT2D eigenvalue weighted by molar-refractivity contribution is 5.41. The van der Waals surface area contributed by atoms with Gasteiger partial charge >= 0.3 is 0 Å². The van der Waals surface area contributed by atoms with E-state index in [0.717, 1.165) is 23.2 Å². The second kappa shape index (κ2) is 6.32. The van der Waals surface area contributed by atoms with Gasteiger partial charge in [-0.2, -0.15) is 0 Å². The number of hydrogen-bond donors (Lipinski definition) is 2. The average Bonchev–Trinajstić information content (AvgIpc) is 2.22. The monoisotopic (exact) mass is 251 g/mol. The standard InChI is InChI=1S/C15H25NO2/c1-11-8-12(2)14(13(3)9-11)15(4,17)10-16-6-7-18-5/h8-9,16-17H,6-7,10H2,1-5H3. The first kappa shape index (κ1) is 15.2. The van der Waals surface area contributed by atoms with Gasteiger partial charge in [-0.25, -0.2) is 0 Å². The van der Waals surface area contributed by atoms with Crippen LogP contribution in [0, 0.1) is 20.8 Å². The Kier molecular flexibility index (Phi) is 5.32. The summed E-state index contributed by atoms with van der Waals surface area (Å²) in [5.74, 6) is 0. The van der Waals surface area contributed by atoms with E-state index in [2.05, 4.69) is 38.2 Å². The first-order chi connectivity index (χ1) is 8.38. The number of hydrogen-bond acceptors (Lipinski definition) is 3. The van der Waals surface area contributed by atoms with Gasteiger partial charge in [0.05, 0.1) is 12.2 Å². The molecule has 18 heavy (non-hydrogen) atoms. The Balaban J connectivity index is 2.84. The quantitative estimate of drug-likeness (QED) is 0.760. The van der Waals surface area contributed by atoms with Gasteiger partial charge in [-0.3, -0.25) is 0 Å². The van der Waals surface area contributed by atoms with Crippen LogP contribution in [-0.2, 0) is 10.3 Å². The zero-order valence-electron chi connectivity index (χ0n) is 12.1. The fourth-order valence-electron chi connectivity index (χ4n) is 2.62. The van der Waals surface area contributed by atoms with Gasteiger partial charge in [-0.15, -0.1) is 0 Å². The molecule has 0 radical (unpaired) electrons. The molecular formula is C15H25NO2. The molecule has 102 valence electrons. The third-order valence-electron chi connectivity index (χ3n) is 3.17. The van der Waals surface area contributed by atoms with E-state index in [9.17, 15) is 5.11 Å². The lowest BCUT2D eigenvalue weighted by Gasteiger charge is -2.28. The molecule has 0 heterocycles. The highest BCUT2D eigenvalue weighted by Gasteiger charge is 2.26. The second-order valence-corrected chi connectivity index (χ2v) is 5.22. The molecule has 0 saturated heterocycles. The van der Waals surface area contributed by atoms with E-state index in [0.29, 0.717) is 13.2 Å². The normalized spacial score (nSPS) is 14.6. The van der Waals surface area contributed by atoms with Crippen molar-refractivity contribution >= 4 is 0 Å². The maximum Gasteiger partial charge on any atom is 0.0997 e.